The molecule has 0 aliphatic rings. The van der Waals surface area contributed by atoms with Gasteiger partial charge in [0.25, 0.3) is 5.91 Å². The minimum atomic E-state index is -1.01. The van der Waals surface area contributed by atoms with E-state index in [9.17, 15) is 23.9 Å². The second kappa shape index (κ2) is 12.3. The molecule has 222 valence electrons. The third kappa shape index (κ3) is 7.34. The highest BCUT2D eigenvalue weighted by Crippen LogP contribution is 2.36. The van der Waals surface area contributed by atoms with E-state index in [-0.39, 0.29) is 34.3 Å². The molecule has 1 aromatic carbocycles. The quantitative estimate of drug-likeness (QED) is 0.245. The van der Waals surface area contributed by atoms with Gasteiger partial charge in [-0.15, -0.1) is 0 Å². The zero-order valence-electron chi connectivity index (χ0n) is 25.1. The molecule has 2 heterocycles. The van der Waals surface area contributed by atoms with Gasteiger partial charge in [-0.2, -0.15) is 0 Å². The van der Waals surface area contributed by atoms with Crippen molar-refractivity contribution >= 4 is 40.4 Å². The molecule has 0 aliphatic heterocycles. The highest BCUT2D eigenvalue weighted by Gasteiger charge is 2.36. The first-order valence-corrected chi connectivity index (χ1v) is 14.3. The Morgan fingerprint density at radius 2 is 1.73 bits per heavy atom. The Kier molecular flexibility index (Phi) is 9.69. The summed E-state index contributed by atoms with van der Waals surface area (Å²) in [6.07, 6.45) is 0.992. The van der Waals surface area contributed by atoms with E-state index in [2.05, 4.69) is 0 Å². The van der Waals surface area contributed by atoms with Crippen LogP contribution >= 0.6 is 11.6 Å². The Bertz CT molecular complexity index is 1460. The second-order valence-electron chi connectivity index (χ2n) is 12.5. The van der Waals surface area contributed by atoms with E-state index < -0.39 is 29.2 Å². The maximum Gasteiger partial charge on any atom is 0.306 e. The number of pyridine rings is 1. The fourth-order valence-corrected chi connectivity index (χ4v) is 5.20. The molecule has 0 aliphatic carbocycles. The molecule has 0 saturated heterocycles. The molecule has 3 aromatic rings. The predicted molar refractivity (Wildman–Crippen MR) is 159 cm³/mol. The number of fused-ring (bicyclic) bond motifs is 1. The van der Waals surface area contributed by atoms with Gasteiger partial charge in [0.1, 0.15) is 17.1 Å². The largest absolute Gasteiger partial charge is 0.481 e. The van der Waals surface area contributed by atoms with Gasteiger partial charge in [0, 0.05) is 41.6 Å². The number of carbonyl (C=O) groups excluding carboxylic acids is 2. The summed E-state index contributed by atoms with van der Waals surface area (Å²) in [4.78, 5) is 44.4. The maximum absolute atomic E-state index is 14.3. The van der Waals surface area contributed by atoms with Crippen LogP contribution in [0.2, 0.25) is 5.02 Å². The van der Waals surface area contributed by atoms with Crippen molar-refractivity contribution < 1.29 is 28.3 Å². The average Bonchev–Trinajstić information content (AvgIpc) is 3.31. The summed E-state index contributed by atoms with van der Waals surface area (Å²) in [7, 11) is 0. The van der Waals surface area contributed by atoms with Crippen LogP contribution in [-0.4, -0.2) is 44.7 Å². The lowest BCUT2D eigenvalue weighted by Crippen LogP contribution is -2.49. The highest BCUT2D eigenvalue weighted by atomic mass is 35.5. The van der Waals surface area contributed by atoms with Crippen LogP contribution in [0.15, 0.2) is 34.7 Å². The fourth-order valence-electron chi connectivity index (χ4n) is 5.09. The Hall–Kier alpha value is -3.26. The molecular formula is C32H40ClFN2O5. The molecule has 0 radical (unpaired) electrons. The summed E-state index contributed by atoms with van der Waals surface area (Å²) in [5.41, 5.74) is 1.78. The Morgan fingerprint density at radius 3 is 2.29 bits per heavy atom. The van der Waals surface area contributed by atoms with E-state index in [0.717, 1.165) is 5.56 Å². The Balaban J connectivity index is 2.01. The summed E-state index contributed by atoms with van der Waals surface area (Å²) >= 11 is 5.89. The van der Waals surface area contributed by atoms with Crippen LogP contribution in [0.25, 0.3) is 22.4 Å². The van der Waals surface area contributed by atoms with Crippen LogP contribution in [0.4, 0.5) is 4.39 Å². The van der Waals surface area contributed by atoms with E-state index in [0.29, 0.717) is 41.7 Å². The van der Waals surface area contributed by atoms with Gasteiger partial charge >= 0.3 is 5.97 Å². The van der Waals surface area contributed by atoms with Gasteiger partial charge in [-0.05, 0) is 50.3 Å². The number of carboxylic acid groups (broad SMARTS) is 1. The van der Waals surface area contributed by atoms with Gasteiger partial charge in [0.15, 0.2) is 11.3 Å². The van der Waals surface area contributed by atoms with Crippen molar-refractivity contribution in [2.45, 2.75) is 85.6 Å². The standard InChI is InChI=1S/C32H40ClFN2O5/c1-9-12-36(32(7,8)17-19(3)26(37)13-18(2)30(39)40)29(38)27-16-25-28(41-27)21(31(4,5)6)15-24(35-25)20-10-11-22(33)23(34)14-20/h10-11,14-16,18-19H,9,12-13,17H2,1-8H3,(H,39,40). The van der Waals surface area contributed by atoms with E-state index >= 15 is 0 Å². The predicted octanol–water partition coefficient (Wildman–Crippen LogP) is 7.92. The summed E-state index contributed by atoms with van der Waals surface area (Å²) in [5.74, 6) is -3.11. The number of aromatic nitrogens is 1. The monoisotopic (exact) mass is 586 g/mol. The topological polar surface area (TPSA) is 101 Å². The molecular weight excluding hydrogens is 547 g/mol. The number of Topliss-reactive ketones (excluding diaryl/α,β-unsaturated/α-hetero) is 1. The van der Waals surface area contributed by atoms with E-state index in [1.807, 2.05) is 47.6 Å². The molecule has 2 aromatic heterocycles. The van der Waals surface area contributed by atoms with Crippen LogP contribution in [-0.2, 0) is 15.0 Å². The number of aliphatic carboxylic acids is 1. The van der Waals surface area contributed by atoms with Crippen LogP contribution < -0.4 is 0 Å². The second-order valence-corrected chi connectivity index (χ2v) is 13.0. The Morgan fingerprint density at radius 1 is 1.07 bits per heavy atom. The number of nitrogens with zero attached hydrogens (tertiary/aromatic N) is 2. The number of benzene rings is 1. The number of halogens is 2. The van der Waals surface area contributed by atoms with Crippen molar-refractivity contribution in [3.05, 3.63) is 52.5 Å². The van der Waals surface area contributed by atoms with Crippen molar-refractivity contribution in [2.24, 2.45) is 11.8 Å². The van der Waals surface area contributed by atoms with Crippen LogP contribution in [0.1, 0.15) is 90.8 Å². The van der Waals surface area contributed by atoms with Gasteiger partial charge in [0.2, 0.25) is 0 Å². The average molecular weight is 587 g/mol. The lowest BCUT2D eigenvalue weighted by atomic mass is 9.85. The van der Waals surface area contributed by atoms with Gasteiger partial charge < -0.3 is 14.4 Å². The third-order valence-electron chi connectivity index (χ3n) is 7.42. The van der Waals surface area contributed by atoms with Gasteiger partial charge in [-0.25, -0.2) is 9.37 Å². The first-order valence-electron chi connectivity index (χ1n) is 13.9. The number of hydrogen-bond donors (Lipinski definition) is 1. The number of amides is 1. The SMILES string of the molecule is CCCN(C(=O)c1cc2nc(-c3ccc(Cl)c(F)c3)cc(C(C)(C)C)c2o1)C(C)(C)CC(C)C(=O)CC(C)C(=O)O. The first-order chi connectivity index (χ1) is 19.0. The van der Waals surface area contributed by atoms with Gasteiger partial charge in [-0.1, -0.05) is 59.2 Å². The maximum atomic E-state index is 14.3. The number of carboxylic acids is 1. The van der Waals surface area contributed by atoms with Crippen LogP contribution in [0.5, 0.6) is 0 Å². The molecule has 1 amide bonds. The molecule has 2 unspecified atom stereocenters. The lowest BCUT2D eigenvalue weighted by molar-refractivity contribution is -0.143. The fraction of sp³-hybridized carbons (Fsp3) is 0.500. The summed E-state index contributed by atoms with van der Waals surface area (Å²) in [5, 5.41) is 9.22. The van der Waals surface area contributed by atoms with Crippen LogP contribution in [0, 0.1) is 17.7 Å². The smallest absolute Gasteiger partial charge is 0.306 e. The van der Waals surface area contributed by atoms with Crippen molar-refractivity contribution in [2.75, 3.05) is 6.54 Å². The van der Waals surface area contributed by atoms with Crippen LogP contribution in [0.3, 0.4) is 0 Å². The zero-order valence-corrected chi connectivity index (χ0v) is 25.9. The normalized spacial score (nSPS) is 13.7. The molecule has 41 heavy (non-hydrogen) atoms. The third-order valence-corrected chi connectivity index (χ3v) is 7.73. The van der Waals surface area contributed by atoms with Crippen molar-refractivity contribution in [1.29, 1.82) is 0 Å². The van der Waals surface area contributed by atoms with Gasteiger partial charge in [0.05, 0.1) is 16.6 Å². The summed E-state index contributed by atoms with van der Waals surface area (Å²) in [6, 6.07) is 7.98. The Labute approximate surface area is 246 Å². The number of ketones is 1. The molecule has 0 saturated carbocycles. The lowest BCUT2D eigenvalue weighted by Gasteiger charge is -2.39. The number of rotatable bonds is 11. The van der Waals surface area contributed by atoms with E-state index in [1.54, 1.807) is 24.0 Å². The molecule has 7 nitrogen and oxygen atoms in total. The molecule has 0 fully saturated rings. The molecule has 3 rings (SSSR count). The number of furan rings is 1. The van der Waals surface area contributed by atoms with Gasteiger partial charge in [-0.3, -0.25) is 14.4 Å². The molecule has 0 bridgehead atoms. The summed E-state index contributed by atoms with van der Waals surface area (Å²) in [6.45, 7) is 15.6. The van der Waals surface area contributed by atoms with E-state index in [4.69, 9.17) is 21.0 Å². The minimum Gasteiger partial charge on any atom is -0.481 e. The number of carbonyl (C=O) groups is 3. The molecule has 9 heteroatoms. The van der Waals surface area contributed by atoms with Crippen molar-refractivity contribution in [3.8, 4) is 11.3 Å². The zero-order chi connectivity index (χ0) is 30.9. The highest BCUT2D eigenvalue weighted by molar-refractivity contribution is 6.30. The number of hydrogen-bond acceptors (Lipinski definition) is 5. The molecule has 2 atom stereocenters. The van der Waals surface area contributed by atoms with Crippen molar-refractivity contribution in [1.82, 2.24) is 9.88 Å². The molecule has 0 spiro atoms. The summed E-state index contributed by atoms with van der Waals surface area (Å²) < 4.78 is 20.5. The molecule has 1 N–H and O–H groups in total. The van der Waals surface area contributed by atoms with E-state index in [1.165, 1.54) is 19.1 Å². The minimum absolute atomic E-state index is 0.0214. The first kappa shape index (κ1) is 32.3. The van der Waals surface area contributed by atoms with Crippen molar-refractivity contribution in [3.63, 3.8) is 0 Å².